The first-order chi connectivity index (χ1) is 11.4. The van der Waals surface area contributed by atoms with Crippen LogP contribution in [0, 0.1) is 0 Å². The number of carbonyl (C=O) groups is 3. The highest BCUT2D eigenvalue weighted by atomic mass is 16.5. The van der Waals surface area contributed by atoms with Crippen molar-refractivity contribution in [1.82, 2.24) is 10.2 Å². The smallest absolute Gasteiger partial charge is 0.260 e. The number of hydrogen-bond acceptors (Lipinski definition) is 5. The predicted octanol–water partition coefficient (Wildman–Crippen LogP) is 0.879. The highest BCUT2D eigenvalue weighted by Gasteiger charge is 2.13. The SMILES string of the molecule is COCCCNC(=O)CN(C)C(=O)COc1cccc(C(C)=O)c1. The quantitative estimate of drug-likeness (QED) is 0.506. The number of carbonyl (C=O) groups excluding carboxylic acids is 3. The molecule has 132 valence electrons. The van der Waals surface area contributed by atoms with Crippen LogP contribution >= 0.6 is 0 Å². The summed E-state index contributed by atoms with van der Waals surface area (Å²) in [4.78, 5) is 36.3. The molecule has 0 aromatic heterocycles. The Morgan fingerprint density at radius 3 is 2.67 bits per heavy atom. The molecule has 0 atom stereocenters. The van der Waals surface area contributed by atoms with Crippen LogP contribution in [0.15, 0.2) is 24.3 Å². The minimum atomic E-state index is -0.324. The van der Waals surface area contributed by atoms with E-state index in [0.29, 0.717) is 24.5 Å². The molecule has 7 nitrogen and oxygen atoms in total. The Labute approximate surface area is 141 Å². The summed E-state index contributed by atoms with van der Waals surface area (Å²) in [7, 11) is 3.13. The first-order valence-corrected chi connectivity index (χ1v) is 7.67. The van der Waals surface area contributed by atoms with Gasteiger partial charge in [-0.2, -0.15) is 0 Å². The van der Waals surface area contributed by atoms with E-state index < -0.39 is 0 Å². The third kappa shape index (κ3) is 7.23. The van der Waals surface area contributed by atoms with Gasteiger partial charge in [0.2, 0.25) is 5.91 Å². The zero-order valence-corrected chi connectivity index (χ0v) is 14.3. The molecule has 2 amide bonds. The van der Waals surface area contributed by atoms with Crippen molar-refractivity contribution in [2.45, 2.75) is 13.3 Å². The number of ketones is 1. The van der Waals surface area contributed by atoms with Crippen molar-refractivity contribution >= 4 is 17.6 Å². The molecule has 0 spiro atoms. The second-order valence-corrected chi connectivity index (χ2v) is 5.32. The van der Waals surface area contributed by atoms with Crippen LogP contribution < -0.4 is 10.1 Å². The topological polar surface area (TPSA) is 84.9 Å². The van der Waals surface area contributed by atoms with Crippen molar-refractivity contribution in [3.63, 3.8) is 0 Å². The number of rotatable bonds is 10. The van der Waals surface area contributed by atoms with Gasteiger partial charge in [-0.25, -0.2) is 0 Å². The van der Waals surface area contributed by atoms with E-state index in [1.54, 1.807) is 31.4 Å². The highest BCUT2D eigenvalue weighted by Crippen LogP contribution is 2.13. The minimum absolute atomic E-state index is 0.0390. The average Bonchev–Trinajstić information content (AvgIpc) is 2.56. The number of nitrogens with zero attached hydrogens (tertiary/aromatic N) is 1. The van der Waals surface area contributed by atoms with Crippen LogP contribution in [-0.4, -0.2) is 63.0 Å². The van der Waals surface area contributed by atoms with Gasteiger partial charge in [-0.3, -0.25) is 14.4 Å². The van der Waals surface area contributed by atoms with Crippen molar-refractivity contribution < 1.29 is 23.9 Å². The molecular formula is C17H24N2O5. The fraction of sp³-hybridized carbons (Fsp3) is 0.471. The number of benzene rings is 1. The van der Waals surface area contributed by atoms with Crippen molar-refractivity contribution in [3.05, 3.63) is 29.8 Å². The van der Waals surface area contributed by atoms with Gasteiger partial charge in [0.05, 0.1) is 6.54 Å². The molecule has 7 heteroatoms. The lowest BCUT2D eigenvalue weighted by Gasteiger charge is -2.17. The molecule has 0 fully saturated rings. The van der Waals surface area contributed by atoms with Gasteiger partial charge < -0.3 is 19.7 Å². The molecule has 0 aliphatic heterocycles. The van der Waals surface area contributed by atoms with Crippen LogP contribution in [0.5, 0.6) is 5.75 Å². The molecular weight excluding hydrogens is 312 g/mol. The highest BCUT2D eigenvalue weighted by molar-refractivity contribution is 5.94. The van der Waals surface area contributed by atoms with E-state index in [0.717, 1.165) is 6.42 Å². The van der Waals surface area contributed by atoms with E-state index in [1.165, 1.54) is 18.9 Å². The molecule has 0 aliphatic carbocycles. The first-order valence-electron chi connectivity index (χ1n) is 7.67. The van der Waals surface area contributed by atoms with Crippen LogP contribution in [0.25, 0.3) is 0 Å². The normalized spacial score (nSPS) is 10.1. The van der Waals surface area contributed by atoms with E-state index >= 15 is 0 Å². The second-order valence-electron chi connectivity index (χ2n) is 5.32. The van der Waals surface area contributed by atoms with Crippen LogP contribution in [0.4, 0.5) is 0 Å². The maximum absolute atomic E-state index is 12.0. The summed E-state index contributed by atoms with van der Waals surface area (Å²) in [6.45, 7) is 2.30. The Bertz CT molecular complexity index is 574. The Hall–Kier alpha value is -2.41. The van der Waals surface area contributed by atoms with Gasteiger partial charge in [0.15, 0.2) is 12.4 Å². The second kappa shape index (κ2) is 10.4. The summed E-state index contributed by atoms with van der Waals surface area (Å²) < 4.78 is 10.3. The Morgan fingerprint density at radius 2 is 2.00 bits per heavy atom. The van der Waals surface area contributed by atoms with Gasteiger partial charge in [0, 0.05) is 32.9 Å². The van der Waals surface area contributed by atoms with Crippen LogP contribution in [0.1, 0.15) is 23.7 Å². The van der Waals surface area contributed by atoms with Crippen LogP contribution in [0.3, 0.4) is 0 Å². The average molecular weight is 336 g/mol. The molecule has 0 bridgehead atoms. The third-order valence-corrected chi connectivity index (χ3v) is 3.26. The monoisotopic (exact) mass is 336 g/mol. The zero-order valence-electron chi connectivity index (χ0n) is 14.3. The van der Waals surface area contributed by atoms with Crippen LogP contribution in [-0.2, 0) is 14.3 Å². The van der Waals surface area contributed by atoms with Crippen molar-refractivity contribution in [2.75, 3.05) is 40.5 Å². The molecule has 1 rings (SSSR count). The fourth-order valence-corrected chi connectivity index (χ4v) is 1.86. The zero-order chi connectivity index (χ0) is 17.9. The van der Waals surface area contributed by atoms with Crippen molar-refractivity contribution in [1.29, 1.82) is 0 Å². The van der Waals surface area contributed by atoms with E-state index in [-0.39, 0.29) is 30.7 Å². The summed E-state index contributed by atoms with van der Waals surface area (Å²) in [6, 6.07) is 6.62. The number of methoxy groups -OCH3 is 1. The number of hydrogen-bond donors (Lipinski definition) is 1. The molecule has 0 saturated heterocycles. The molecule has 0 heterocycles. The van der Waals surface area contributed by atoms with Gasteiger partial charge >= 0.3 is 0 Å². The van der Waals surface area contributed by atoms with Gasteiger partial charge in [-0.05, 0) is 25.5 Å². The van der Waals surface area contributed by atoms with E-state index in [2.05, 4.69) is 5.32 Å². The maximum Gasteiger partial charge on any atom is 0.260 e. The van der Waals surface area contributed by atoms with Gasteiger partial charge in [-0.15, -0.1) is 0 Å². The molecule has 24 heavy (non-hydrogen) atoms. The van der Waals surface area contributed by atoms with Gasteiger partial charge in [0.25, 0.3) is 5.91 Å². The lowest BCUT2D eigenvalue weighted by Crippen LogP contribution is -2.40. The lowest BCUT2D eigenvalue weighted by atomic mass is 10.1. The summed E-state index contributed by atoms with van der Waals surface area (Å²) >= 11 is 0. The van der Waals surface area contributed by atoms with E-state index in [4.69, 9.17) is 9.47 Å². The predicted molar refractivity (Wildman–Crippen MR) is 89.1 cm³/mol. The number of likely N-dealkylation sites (N-methyl/N-ethyl adjacent to an activating group) is 1. The minimum Gasteiger partial charge on any atom is -0.484 e. The molecule has 0 unspecified atom stereocenters. The third-order valence-electron chi connectivity index (χ3n) is 3.26. The van der Waals surface area contributed by atoms with Crippen molar-refractivity contribution in [3.8, 4) is 5.75 Å². The summed E-state index contributed by atoms with van der Waals surface area (Å²) in [5.74, 6) is -0.196. The van der Waals surface area contributed by atoms with Crippen LogP contribution in [0.2, 0.25) is 0 Å². The number of nitrogens with one attached hydrogen (secondary N) is 1. The molecule has 1 aromatic rings. The largest absolute Gasteiger partial charge is 0.484 e. The first kappa shape index (κ1) is 19.6. The summed E-state index contributed by atoms with van der Waals surface area (Å²) in [5, 5.41) is 2.71. The molecule has 1 aromatic carbocycles. The van der Waals surface area contributed by atoms with E-state index in [1.807, 2.05) is 0 Å². The fourth-order valence-electron chi connectivity index (χ4n) is 1.86. The van der Waals surface area contributed by atoms with Gasteiger partial charge in [-0.1, -0.05) is 12.1 Å². The summed E-state index contributed by atoms with van der Waals surface area (Å²) in [6.07, 6.45) is 0.718. The molecule has 1 N–H and O–H groups in total. The molecule has 0 saturated carbocycles. The van der Waals surface area contributed by atoms with Crippen molar-refractivity contribution in [2.24, 2.45) is 0 Å². The number of Topliss-reactive ketones (excluding diaryl/α,β-unsaturated/α-hetero) is 1. The number of amides is 2. The lowest BCUT2D eigenvalue weighted by molar-refractivity contribution is -0.136. The maximum atomic E-state index is 12.0. The molecule has 0 aliphatic rings. The molecule has 0 radical (unpaired) electrons. The summed E-state index contributed by atoms with van der Waals surface area (Å²) in [5.41, 5.74) is 0.517. The Kier molecular flexibility index (Phi) is 8.49. The standard InChI is InChI=1S/C17H24N2O5/c1-13(20)14-6-4-7-15(10-14)24-12-17(22)19(2)11-16(21)18-8-5-9-23-3/h4,6-7,10H,5,8-9,11-12H2,1-3H3,(H,18,21). The van der Waals surface area contributed by atoms with E-state index in [9.17, 15) is 14.4 Å². The van der Waals surface area contributed by atoms with Gasteiger partial charge in [0.1, 0.15) is 5.75 Å². The number of ether oxygens (including phenoxy) is 2. The Morgan fingerprint density at radius 1 is 1.25 bits per heavy atom. The Balaban J connectivity index is 2.37.